The fraction of sp³-hybridized carbons (Fsp3) is 0.318. The maximum Gasteiger partial charge on any atom is 0.232 e. The summed E-state index contributed by atoms with van der Waals surface area (Å²) >= 11 is 0. The summed E-state index contributed by atoms with van der Waals surface area (Å²) in [6.45, 7) is 4.92. The molecule has 8 nitrogen and oxygen atoms in total. The van der Waals surface area contributed by atoms with E-state index in [9.17, 15) is 13.5 Å². The number of nitrogens with one attached hydrogen (secondary N) is 1. The average molecular weight is 460 g/mol. The van der Waals surface area contributed by atoms with Crippen LogP contribution in [0.25, 0.3) is 11.0 Å². The van der Waals surface area contributed by atoms with E-state index in [1.54, 1.807) is 32.9 Å². The molecule has 5 N–H and O–H groups in total. The number of amidine groups is 1. The molecular formula is C22H26FN5O3S. The van der Waals surface area contributed by atoms with E-state index in [0.717, 1.165) is 0 Å². The molecule has 0 bridgehead atoms. The molecule has 10 heteroatoms. The molecule has 0 saturated heterocycles. The van der Waals surface area contributed by atoms with Gasteiger partial charge in [0.05, 0.1) is 30.3 Å². The second-order valence-electron chi connectivity index (χ2n) is 8.50. The number of hydrogen-bond donors (Lipinski definition) is 4. The topological polar surface area (TPSA) is 126 Å². The van der Waals surface area contributed by atoms with Crippen LogP contribution >= 0.6 is 10.6 Å². The third-order valence-electron chi connectivity index (χ3n) is 5.87. The normalized spacial score (nSPS) is 22.8. The molecule has 0 radical (unpaired) electrons. The largest absolute Gasteiger partial charge is 0.480 e. The fourth-order valence-electron chi connectivity index (χ4n) is 3.71. The van der Waals surface area contributed by atoms with Gasteiger partial charge in [-0.1, -0.05) is 6.07 Å². The van der Waals surface area contributed by atoms with E-state index >= 15 is 0 Å². The molecule has 170 valence electrons. The summed E-state index contributed by atoms with van der Waals surface area (Å²) in [4.78, 5) is 13.3. The molecule has 0 unspecified atom stereocenters. The number of rotatable bonds is 4. The van der Waals surface area contributed by atoms with Crippen LogP contribution in [0.5, 0.6) is 5.88 Å². The van der Waals surface area contributed by atoms with Gasteiger partial charge in [-0.2, -0.15) is 10.6 Å². The van der Waals surface area contributed by atoms with Crippen LogP contribution in [0.15, 0.2) is 47.6 Å². The first-order chi connectivity index (χ1) is 15.0. The lowest BCUT2D eigenvalue weighted by Crippen LogP contribution is -2.52. The van der Waals surface area contributed by atoms with Gasteiger partial charge in [-0.15, -0.1) is 0 Å². The lowest BCUT2D eigenvalue weighted by molar-refractivity contribution is 0.397. The molecule has 1 atom stereocenters. The van der Waals surface area contributed by atoms with Crippen molar-refractivity contribution in [3.8, 4) is 5.88 Å². The predicted octanol–water partition coefficient (Wildman–Crippen LogP) is 4.64. The number of halogens is 1. The number of para-hydroxylation sites is 1. The van der Waals surface area contributed by atoms with Crippen LogP contribution in [-0.2, 0) is 5.54 Å². The molecule has 32 heavy (non-hydrogen) atoms. The third-order valence-corrected chi connectivity index (χ3v) is 8.68. The van der Waals surface area contributed by atoms with Crippen molar-refractivity contribution >= 4 is 38.8 Å². The lowest BCUT2D eigenvalue weighted by Gasteiger charge is -2.53. The number of fused-ring (bicyclic) bond motifs is 1. The van der Waals surface area contributed by atoms with E-state index in [4.69, 9.17) is 10.5 Å². The summed E-state index contributed by atoms with van der Waals surface area (Å²) in [6, 6.07) is 10.0. The van der Waals surface area contributed by atoms with Crippen molar-refractivity contribution in [2.45, 2.75) is 31.1 Å². The van der Waals surface area contributed by atoms with Crippen molar-refractivity contribution in [1.29, 1.82) is 0 Å². The van der Waals surface area contributed by atoms with Crippen LogP contribution in [0.3, 0.4) is 0 Å². The molecule has 0 aliphatic carbocycles. The number of methoxy groups -OCH3 is 1. The molecule has 0 fully saturated rings. The first kappa shape index (κ1) is 22.3. The molecule has 4 rings (SSSR count). The van der Waals surface area contributed by atoms with Crippen LogP contribution in [0.4, 0.5) is 15.8 Å². The van der Waals surface area contributed by atoms with Crippen molar-refractivity contribution in [2.75, 3.05) is 18.2 Å². The highest BCUT2D eigenvalue weighted by Gasteiger charge is 2.49. The Balaban J connectivity index is 1.75. The highest BCUT2D eigenvalue weighted by Crippen LogP contribution is 2.59. The third kappa shape index (κ3) is 3.64. The zero-order chi connectivity index (χ0) is 23.3. The van der Waals surface area contributed by atoms with Gasteiger partial charge in [-0.05, 0) is 51.1 Å². The number of benzene rings is 2. The van der Waals surface area contributed by atoms with Gasteiger partial charge >= 0.3 is 0 Å². The molecule has 0 amide bonds. The van der Waals surface area contributed by atoms with E-state index < -0.39 is 26.7 Å². The molecule has 0 spiro atoms. The Hall–Kier alpha value is -2.95. The SMILES string of the molecule is COc1cnc2c(Nc3ccc(F)c([C@]4(C)CS(O)(O)C(C)(C)C(N)=N4)c3)cccc2n1. The molecule has 1 aliphatic rings. The highest BCUT2D eigenvalue weighted by molar-refractivity contribution is 8.26. The first-order valence-corrected chi connectivity index (χ1v) is 11.7. The fourth-order valence-corrected chi connectivity index (χ4v) is 5.45. The zero-order valence-electron chi connectivity index (χ0n) is 18.3. The number of nitrogens with zero attached hydrogens (tertiary/aromatic N) is 3. The van der Waals surface area contributed by atoms with Crippen LogP contribution in [0.2, 0.25) is 0 Å². The molecule has 3 aromatic rings. The van der Waals surface area contributed by atoms with E-state index in [2.05, 4.69) is 20.3 Å². The average Bonchev–Trinajstić information content (AvgIpc) is 2.73. The van der Waals surface area contributed by atoms with Crippen molar-refractivity contribution in [2.24, 2.45) is 10.7 Å². The van der Waals surface area contributed by atoms with E-state index in [0.29, 0.717) is 28.3 Å². The second-order valence-corrected chi connectivity index (χ2v) is 11.1. The minimum atomic E-state index is -3.16. The first-order valence-electron chi connectivity index (χ1n) is 9.95. The Morgan fingerprint density at radius 1 is 1.19 bits per heavy atom. The highest BCUT2D eigenvalue weighted by atomic mass is 32.3. The van der Waals surface area contributed by atoms with Crippen LogP contribution in [0.1, 0.15) is 26.3 Å². The Morgan fingerprint density at radius 2 is 1.94 bits per heavy atom. The summed E-state index contributed by atoms with van der Waals surface area (Å²) in [5.74, 6) is -0.149. The zero-order valence-corrected chi connectivity index (χ0v) is 19.1. The van der Waals surface area contributed by atoms with Crippen molar-refractivity contribution in [3.05, 3.63) is 54.0 Å². The maximum atomic E-state index is 14.9. The van der Waals surface area contributed by atoms with Gasteiger partial charge in [0.2, 0.25) is 5.88 Å². The van der Waals surface area contributed by atoms with Gasteiger partial charge in [0.15, 0.2) is 0 Å². The van der Waals surface area contributed by atoms with Crippen LogP contribution in [-0.4, -0.2) is 42.5 Å². The maximum absolute atomic E-state index is 14.9. The molecular weight excluding hydrogens is 433 g/mol. The number of hydrogen-bond acceptors (Lipinski definition) is 8. The van der Waals surface area contributed by atoms with Crippen molar-refractivity contribution < 1.29 is 18.2 Å². The predicted molar refractivity (Wildman–Crippen MR) is 127 cm³/mol. The molecule has 1 aliphatic heterocycles. The number of ether oxygens (including phenoxy) is 1. The van der Waals surface area contributed by atoms with Gasteiger partial charge in [0.25, 0.3) is 0 Å². The number of aliphatic imine (C=N–C) groups is 1. The quantitative estimate of drug-likeness (QED) is 0.448. The van der Waals surface area contributed by atoms with Gasteiger partial charge in [-0.3, -0.25) is 14.1 Å². The van der Waals surface area contributed by atoms with E-state index in [1.165, 1.54) is 19.4 Å². The number of anilines is 2. The summed E-state index contributed by atoms with van der Waals surface area (Å²) in [7, 11) is -1.64. The monoisotopic (exact) mass is 459 g/mol. The second kappa shape index (κ2) is 7.58. The van der Waals surface area contributed by atoms with E-state index in [1.807, 2.05) is 18.2 Å². The smallest absolute Gasteiger partial charge is 0.232 e. The summed E-state index contributed by atoms with van der Waals surface area (Å²) in [6.07, 6.45) is 1.52. The van der Waals surface area contributed by atoms with E-state index in [-0.39, 0.29) is 17.2 Å². The summed E-state index contributed by atoms with van der Waals surface area (Å²) in [5.41, 5.74) is 7.61. The summed E-state index contributed by atoms with van der Waals surface area (Å²) < 4.78 is 40.4. The minimum Gasteiger partial charge on any atom is -0.480 e. The minimum absolute atomic E-state index is 0.0855. The van der Waals surface area contributed by atoms with Gasteiger partial charge in [0.1, 0.15) is 27.5 Å². The molecule has 2 aromatic carbocycles. The standard InChI is InChI=1S/C22H26FN5O3S/c1-21(2)20(24)28-22(3,12-32(21,29)30)14-10-13(8-9-15(14)23)26-16-6-5-7-17-19(16)25-11-18(27-17)31-4/h5-11,26,29-30H,12H2,1-4H3,(H2,24,28)/t22-/m0/s1. The molecule has 1 aromatic heterocycles. The van der Waals surface area contributed by atoms with Gasteiger partial charge in [-0.25, -0.2) is 14.4 Å². The Kier molecular flexibility index (Phi) is 5.27. The number of aromatic nitrogens is 2. The van der Waals surface area contributed by atoms with Crippen LogP contribution in [0, 0.1) is 5.82 Å². The van der Waals surface area contributed by atoms with Crippen molar-refractivity contribution in [3.63, 3.8) is 0 Å². The molecule has 0 saturated carbocycles. The number of nitrogens with two attached hydrogens (primary N) is 1. The van der Waals surface area contributed by atoms with Gasteiger partial charge < -0.3 is 15.8 Å². The Morgan fingerprint density at radius 3 is 2.62 bits per heavy atom. The van der Waals surface area contributed by atoms with Gasteiger partial charge in [0, 0.05) is 11.3 Å². The summed E-state index contributed by atoms with van der Waals surface area (Å²) in [5, 5.41) is 3.25. The lowest BCUT2D eigenvalue weighted by atomic mass is 9.92. The van der Waals surface area contributed by atoms with Crippen molar-refractivity contribution in [1.82, 2.24) is 9.97 Å². The Bertz CT molecular complexity index is 1230. The molecule has 2 heterocycles. The Labute approximate surface area is 187 Å². The van der Waals surface area contributed by atoms with Crippen LogP contribution < -0.4 is 15.8 Å².